The number of nitrogens with zero attached hydrogens (tertiary/aromatic N) is 1. The van der Waals surface area contributed by atoms with E-state index in [-0.39, 0.29) is 11.7 Å². The van der Waals surface area contributed by atoms with Crippen LogP contribution >= 0.6 is 27.7 Å². The molecule has 1 amide bonds. The van der Waals surface area contributed by atoms with Crippen LogP contribution in [0.15, 0.2) is 21.2 Å². The number of aliphatic carboxylic acids is 1. The molecule has 17 heavy (non-hydrogen) atoms. The highest BCUT2D eigenvalue weighted by molar-refractivity contribution is 9.10. The van der Waals surface area contributed by atoms with Gasteiger partial charge in [-0.15, -0.1) is 0 Å². The zero-order valence-electron chi connectivity index (χ0n) is 8.76. The summed E-state index contributed by atoms with van der Waals surface area (Å²) < 4.78 is 5.61. The van der Waals surface area contributed by atoms with Crippen LogP contribution in [0.2, 0.25) is 0 Å². The molecule has 1 aliphatic heterocycles. The van der Waals surface area contributed by atoms with E-state index in [0.717, 1.165) is 5.75 Å². The third kappa shape index (κ3) is 2.66. The maximum atomic E-state index is 12.1. The van der Waals surface area contributed by atoms with Gasteiger partial charge in [0.2, 0.25) is 0 Å². The number of furan rings is 1. The Morgan fingerprint density at radius 1 is 1.53 bits per heavy atom. The molecule has 0 radical (unpaired) electrons. The van der Waals surface area contributed by atoms with Gasteiger partial charge in [-0.2, -0.15) is 11.8 Å². The lowest BCUT2D eigenvalue weighted by molar-refractivity contribution is -0.141. The normalized spacial score (nSPS) is 20.3. The molecule has 0 aromatic carbocycles. The van der Waals surface area contributed by atoms with Gasteiger partial charge in [0.1, 0.15) is 6.04 Å². The van der Waals surface area contributed by atoms with Crippen molar-refractivity contribution in [3.05, 3.63) is 22.6 Å². The molecule has 1 fully saturated rings. The first-order valence-corrected chi connectivity index (χ1v) is 6.91. The van der Waals surface area contributed by atoms with E-state index in [4.69, 9.17) is 9.52 Å². The van der Waals surface area contributed by atoms with Gasteiger partial charge < -0.3 is 14.4 Å². The van der Waals surface area contributed by atoms with Gasteiger partial charge in [0, 0.05) is 18.1 Å². The molecule has 92 valence electrons. The Morgan fingerprint density at radius 3 is 2.88 bits per heavy atom. The lowest BCUT2D eigenvalue weighted by Gasteiger charge is -2.31. The Morgan fingerprint density at radius 2 is 2.29 bits per heavy atom. The van der Waals surface area contributed by atoms with Crippen molar-refractivity contribution in [1.29, 1.82) is 0 Å². The summed E-state index contributed by atoms with van der Waals surface area (Å²) >= 11 is 4.65. The molecule has 1 atom stereocenters. The zero-order valence-corrected chi connectivity index (χ0v) is 11.2. The molecule has 2 heterocycles. The van der Waals surface area contributed by atoms with Crippen LogP contribution < -0.4 is 0 Å². The Labute approximate surface area is 110 Å². The summed E-state index contributed by atoms with van der Waals surface area (Å²) in [6.07, 6.45) is 0. The molecular weight excluding hydrogens is 310 g/mol. The average Bonchev–Trinajstić information content (AvgIpc) is 2.75. The van der Waals surface area contributed by atoms with Crippen LogP contribution in [0, 0.1) is 0 Å². The van der Waals surface area contributed by atoms with Gasteiger partial charge in [0.05, 0.1) is 0 Å². The summed E-state index contributed by atoms with van der Waals surface area (Å²) in [4.78, 5) is 24.5. The number of rotatable bonds is 2. The van der Waals surface area contributed by atoms with Gasteiger partial charge in [-0.3, -0.25) is 4.79 Å². The fraction of sp³-hybridized carbons (Fsp3) is 0.400. The topological polar surface area (TPSA) is 70.8 Å². The van der Waals surface area contributed by atoms with Crippen LogP contribution in [-0.2, 0) is 4.79 Å². The van der Waals surface area contributed by atoms with Crippen LogP contribution in [0.4, 0.5) is 0 Å². The number of carboxylic acids is 1. The Balaban J connectivity index is 2.19. The van der Waals surface area contributed by atoms with Crippen molar-refractivity contribution in [2.45, 2.75) is 6.04 Å². The standard InChI is InChI=1S/C10H10BrNO4S/c11-8-2-1-7(16-8)9(13)12-3-4-17-5-6(12)10(14)15/h1-2,6H,3-5H2,(H,14,15). The van der Waals surface area contributed by atoms with E-state index in [0.29, 0.717) is 17.0 Å². The Hall–Kier alpha value is -0.950. The van der Waals surface area contributed by atoms with E-state index in [9.17, 15) is 9.59 Å². The molecule has 0 aliphatic carbocycles. The molecule has 0 saturated carbocycles. The predicted octanol–water partition coefficient (Wildman–Crippen LogP) is 1.68. The highest BCUT2D eigenvalue weighted by atomic mass is 79.9. The lowest BCUT2D eigenvalue weighted by atomic mass is 10.2. The van der Waals surface area contributed by atoms with Crippen LogP contribution in [0.3, 0.4) is 0 Å². The lowest BCUT2D eigenvalue weighted by Crippen LogP contribution is -2.50. The highest BCUT2D eigenvalue weighted by Gasteiger charge is 2.34. The summed E-state index contributed by atoms with van der Waals surface area (Å²) in [5.41, 5.74) is 0. The molecular formula is C10H10BrNO4S. The quantitative estimate of drug-likeness (QED) is 0.898. The van der Waals surface area contributed by atoms with Crippen LogP contribution in [-0.4, -0.2) is 46.0 Å². The number of amides is 1. The monoisotopic (exact) mass is 319 g/mol. The van der Waals surface area contributed by atoms with Crippen molar-refractivity contribution in [3.63, 3.8) is 0 Å². The number of carboxylic acid groups (broad SMARTS) is 1. The van der Waals surface area contributed by atoms with Gasteiger partial charge in [0.15, 0.2) is 10.4 Å². The second-order valence-electron chi connectivity index (χ2n) is 3.53. The second-order valence-corrected chi connectivity index (χ2v) is 5.46. The van der Waals surface area contributed by atoms with Crippen molar-refractivity contribution >= 4 is 39.6 Å². The summed E-state index contributed by atoms with van der Waals surface area (Å²) in [7, 11) is 0. The molecule has 2 rings (SSSR count). The van der Waals surface area contributed by atoms with E-state index >= 15 is 0 Å². The maximum absolute atomic E-state index is 12.1. The zero-order chi connectivity index (χ0) is 12.4. The van der Waals surface area contributed by atoms with Crippen molar-refractivity contribution < 1.29 is 19.1 Å². The van der Waals surface area contributed by atoms with Gasteiger partial charge in [-0.1, -0.05) is 0 Å². The number of thioether (sulfide) groups is 1. The van der Waals surface area contributed by atoms with Gasteiger partial charge in [-0.05, 0) is 28.1 Å². The molecule has 1 aliphatic rings. The maximum Gasteiger partial charge on any atom is 0.327 e. The van der Waals surface area contributed by atoms with E-state index in [2.05, 4.69) is 15.9 Å². The van der Waals surface area contributed by atoms with E-state index in [1.807, 2.05) is 0 Å². The first kappa shape index (κ1) is 12.5. The smallest absolute Gasteiger partial charge is 0.327 e. The first-order valence-electron chi connectivity index (χ1n) is 4.96. The minimum atomic E-state index is -0.976. The fourth-order valence-electron chi connectivity index (χ4n) is 1.62. The molecule has 1 unspecified atom stereocenters. The summed E-state index contributed by atoms with van der Waals surface area (Å²) in [5, 5.41) is 9.06. The van der Waals surface area contributed by atoms with Crippen LogP contribution in [0.5, 0.6) is 0 Å². The molecule has 0 bridgehead atoms. The number of hydrogen-bond acceptors (Lipinski definition) is 4. The number of carbonyl (C=O) groups is 2. The minimum absolute atomic E-state index is 0.162. The van der Waals surface area contributed by atoms with E-state index in [1.165, 1.54) is 22.7 Å². The highest BCUT2D eigenvalue weighted by Crippen LogP contribution is 2.21. The third-order valence-corrected chi connectivity index (χ3v) is 3.91. The summed E-state index contributed by atoms with van der Waals surface area (Å²) in [6.45, 7) is 0.429. The molecule has 0 spiro atoms. The SMILES string of the molecule is O=C(O)C1CSCCN1C(=O)c1ccc(Br)o1. The molecule has 1 N–H and O–H groups in total. The van der Waals surface area contributed by atoms with Crippen LogP contribution in [0.25, 0.3) is 0 Å². The first-order chi connectivity index (χ1) is 8.09. The Bertz CT molecular complexity index is 447. The number of hydrogen-bond donors (Lipinski definition) is 1. The van der Waals surface area contributed by atoms with Crippen LogP contribution in [0.1, 0.15) is 10.6 Å². The van der Waals surface area contributed by atoms with Crippen molar-refractivity contribution in [2.75, 3.05) is 18.1 Å². The molecule has 5 nitrogen and oxygen atoms in total. The fourth-order valence-corrected chi connectivity index (χ4v) is 2.97. The van der Waals surface area contributed by atoms with Gasteiger partial charge >= 0.3 is 5.97 Å². The summed E-state index contributed by atoms with van der Waals surface area (Å²) in [5.74, 6) is -0.0185. The van der Waals surface area contributed by atoms with E-state index < -0.39 is 12.0 Å². The molecule has 1 saturated heterocycles. The van der Waals surface area contributed by atoms with Crippen molar-refractivity contribution in [3.8, 4) is 0 Å². The largest absolute Gasteiger partial charge is 0.480 e. The second kappa shape index (κ2) is 5.14. The van der Waals surface area contributed by atoms with Gasteiger partial charge in [0.25, 0.3) is 5.91 Å². The predicted molar refractivity (Wildman–Crippen MR) is 66.2 cm³/mol. The molecule has 1 aromatic heterocycles. The number of halogens is 1. The minimum Gasteiger partial charge on any atom is -0.480 e. The Kier molecular flexibility index (Phi) is 3.78. The average molecular weight is 320 g/mol. The number of carbonyl (C=O) groups excluding carboxylic acids is 1. The molecule has 1 aromatic rings. The summed E-state index contributed by atoms with van der Waals surface area (Å²) in [6, 6.07) is 2.37. The van der Waals surface area contributed by atoms with Crippen molar-refractivity contribution in [2.24, 2.45) is 0 Å². The molecule has 7 heteroatoms. The van der Waals surface area contributed by atoms with Crippen molar-refractivity contribution in [1.82, 2.24) is 4.90 Å². The third-order valence-electron chi connectivity index (χ3n) is 2.46. The van der Waals surface area contributed by atoms with E-state index in [1.54, 1.807) is 6.07 Å². The van der Waals surface area contributed by atoms with Gasteiger partial charge in [-0.25, -0.2) is 4.79 Å².